The largest absolute Gasteiger partial charge is 0.352 e. The molecule has 1 saturated carbocycles. The highest BCUT2D eigenvalue weighted by atomic mass is 35.5. The molecule has 0 saturated heterocycles. The third-order valence-electron chi connectivity index (χ3n) is 5.78. The molecule has 32 heavy (non-hydrogen) atoms. The Morgan fingerprint density at radius 3 is 2.50 bits per heavy atom. The second-order valence-electron chi connectivity index (χ2n) is 8.15. The van der Waals surface area contributed by atoms with Gasteiger partial charge < -0.3 is 10.2 Å². The van der Waals surface area contributed by atoms with Gasteiger partial charge in [0.2, 0.25) is 11.8 Å². The van der Waals surface area contributed by atoms with Crippen LogP contribution in [0.15, 0.2) is 48.5 Å². The number of halogens is 2. The molecular formula is C25H30Cl2N2O2S. The number of hydrogen-bond donors (Lipinski definition) is 1. The Balaban J connectivity index is 1.73. The number of rotatable bonds is 10. The van der Waals surface area contributed by atoms with Gasteiger partial charge in [-0.3, -0.25) is 9.59 Å². The highest BCUT2D eigenvalue weighted by Crippen LogP contribution is 2.25. The van der Waals surface area contributed by atoms with Crippen molar-refractivity contribution in [3.05, 3.63) is 69.7 Å². The molecule has 2 amide bonds. The summed E-state index contributed by atoms with van der Waals surface area (Å²) in [4.78, 5) is 28.1. The summed E-state index contributed by atoms with van der Waals surface area (Å²) in [5.74, 6) is 0.900. The summed E-state index contributed by atoms with van der Waals surface area (Å²) in [6.07, 6.45) is 4.83. The van der Waals surface area contributed by atoms with Gasteiger partial charge in [-0.1, -0.05) is 79.4 Å². The van der Waals surface area contributed by atoms with Crippen molar-refractivity contribution < 1.29 is 9.59 Å². The van der Waals surface area contributed by atoms with E-state index >= 15 is 0 Å². The van der Waals surface area contributed by atoms with Crippen molar-refractivity contribution in [2.45, 2.75) is 63.4 Å². The van der Waals surface area contributed by atoms with Crippen LogP contribution in [0.3, 0.4) is 0 Å². The van der Waals surface area contributed by atoms with Crippen LogP contribution < -0.4 is 5.32 Å². The van der Waals surface area contributed by atoms with Crippen LogP contribution in [-0.4, -0.2) is 34.6 Å². The Bertz CT molecular complexity index is 904. The lowest BCUT2D eigenvalue weighted by Gasteiger charge is -2.31. The number of nitrogens with one attached hydrogen (secondary N) is 1. The third kappa shape index (κ3) is 7.16. The van der Waals surface area contributed by atoms with Crippen LogP contribution in [0.5, 0.6) is 0 Å². The quantitative estimate of drug-likeness (QED) is 0.436. The monoisotopic (exact) mass is 492 g/mol. The highest BCUT2D eigenvalue weighted by Gasteiger charge is 2.30. The second kappa shape index (κ2) is 12.5. The molecule has 172 valence electrons. The molecule has 7 heteroatoms. The first-order valence-corrected chi connectivity index (χ1v) is 13.0. The van der Waals surface area contributed by atoms with Crippen molar-refractivity contribution in [1.29, 1.82) is 0 Å². The third-order valence-corrected chi connectivity index (χ3v) is 7.36. The first-order chi connectivity index (χ1) is 15.5. The van der Waals surface area contributed by atoms with Gasteiger partial charge in [0.1, 0.15) is 6.04 Å². The molecule has 0 heterocycles. The standard InChI is InChI=1S/C25H30Cl2N2O2S/c1-2-23(25(31)28-21-10-6-7-11-21)29(15-19-12-13-20(26)14-22(19)27)24(30)17-32-16-18-8-4-3-5-9-18/h3-5,8-9,12-14,21,23H,2,6-7,10-11,15-17H2,1H3,(H,28,31)/t23-/m1/s1. The summed E-state index contributed by atoms with van der Waals surface area (Å²) >= 11 is 14.0. The van der Waals surface area contributed by atoms with Gasteiger partial charge in [-0.2, -0.15) is 0 Å². The van der Waals surface area contributed by atoms with E-state index in [0.717, 1.165) is 37.0 Å². The molecule has 1 N–H and O–H groups in total. The Morgan fingerprint density at radius 1 is 1.12 bits per heavy atom. The highest BCUT2D eigenvalue weighted by molar-refractivity contribution is 7.99. The maximum Gasteiger partial charge on any atom is 0.243 e. The zero-order chi connectivity index (χ0) is 22.9. The Hall–Kier alpha value is -1.69. The Kier molecular flexibility index (Phi) is 9.76. The molecule has 0 bridgehead atoms. The van der Waals surface area contributed by atoms with Crippen molar-refractivity contribution in [2.75, 3.05) is 5.75 Å². The topological polar surface area (TPSA) is 49.4 Å². The van der Waals surface area contributed by atoms with Gasteiger partial charge in [0.25, 0.3) is 0 Å². The Morgan fingerprint density at radius 2 is 1.84 bits per heavy atom. The van der Waals surface area contributed by atoms with Crippen molar-refractivity contribution in [1.82, 2.24) is 10.2 Å². The van der Waals surface area contributed by atoms with E-state index < -0.39 is 6.04 Å². The number of carbonyl (C=O) groups excluding carboxylic acids is 2. The molecule has 1 aliphatic carbocycles. The fourth-order valence-corrected chi connectivity index (χ4v) is 5.37. The van der Waals surface area contributed by atoms with E-state index in [1.807, 2.05) is 43.3 Å². The van der Waals surface area contributed by atoms with Gasteiger partial charge in [0, 0.05) is 28.4 Å². The average Bonchev–Trinajstić information content (AvgIpc) is 3.28. The van der Waals surface area contributed by atoms with Crippen molar-refractivity contribution in [2.24, 2.45) is 0 Å². The average molecular weight is 494 g/mol. The summed E-state index contributed by atoms with van der Waals surface area (Å²) in [6.45, 7) is 2.22. The molecule has 1 atom stereocenters. The molecule has 0 spiro atoms. The van der Waals surface area contributed by atoms with Gasteiger partial charge in [-0.25, -0.2) is 0 Å². The summed E-state index contributed by atoms with van der Waals surface area (Å²) < 4.78 is 0. The van der Waals surface area contributed by atoms with Gasteiger partial charge in [0.15, 0.2) is 0 Å². The minimum atomic E-state index is -0.535. The Labute approximate surface area is 205 Å². The predicted octanol–water partition coefficient (Wildman–Crippen LogP) is 6.09. The van der Waals surface area contributed by atoms with Gasteiger partial charge in [-0.05, 0) is 42.5 Å². The number of nitrogens with zero attached hydrogens (tertiary/aromatic N) is 1. The lowest BCUT2D eigenvalue weighted by molar-refractivity contribution is -0.139. The molecule has 1 fully saturated rings. The first-order valence-electron chi connectivity index (χ1n) is 11.1. The lowest BCUT2D eigenvalue weighted by atomic mass is 10.1. The fourth-order valence-electron chi connectivity index (χ4n) is 4.03. The zero-order valence-corrected chi connectivity index (χ0v) is 20.7. The van der Waals surface area contributed by atoms with Crippen LogP contribution in [0.1, 0.15) is 50.2 Å². The molecule has 0 unspecified atom stereocenters. The van der Waals surface area contributed by atoms with E-state index in [1.165, 1.54) is 5.56 Å². The maximum absolute atomic E-state index is 13.3. The molecular weight excluding hydrogens is 463 g/mol. The second-order valence-corrected chi connectivity index (χ2v) is 9.98. The molecule has 3 rings (SSSR count). The van der Waals surface area contributed by atoms with Gasteiger partial charge in [0.05, 0.1) is 5.75 Å². The summed E-state index contributed by atoms with van der Waals surface area (Å²) in [5, 5.41) is 4.20. The lowest BCUT2D eigenvalue weighted by Crippen LogP contribution is -2.51. The van der Waals surface area contributed by atoms with Crippen LogP contribution in [0.2, 0.25) is 10.0 Å². The summed E-state index contributed by atoms with van der Waals surface area (Å²) in [5.41, 5.74) is 1.95. The molecule has 0 radical (unpaired) electrons. The van der Waals surface area contributed by atoms with Crippen molar-refractivity contribution in [3.8, 4) is 0 Å². The smallest absolute Gasteiger partial charge is 0.243 e. The zero-order valence-electron chi connectivity index (χ0n) is 18.4. The van der Waals surface area contributed by atoms with Crippen LogP contribution in [-0.2, 0) is 21.9 Å². The molecule has 1 aliphatic rings. The fraction of sp³-hybridized carbons (Fsp3) is 0.440. The number of thioether (sulfide) groups is 1. The van der Waals surface area contributed by atoms with E-state index in [1.54, 1.807) is 28.8 Å². The molecule has 2 aromatic rings. The minimum absolute atomic E-state index is 0.0645. The van der Waals surface area contributed by atoms with E-state index in [-0.39, 0.29) is 24.4 Å². The summed E-state index contributed by atoms with van der Waals surface area (Å²) in [7, 11) is 0. The van der Waals surface area contributed by atoms with Crippen LogP contribution in [0.25, 0.3) is 0 Å². The van der Waals surface area contributed by atoms with Gasteiger partial charge >= 0.3 is 0 Å². The SMILES string of the molecule is CC[C@H](C(=O)NC1CCCC1)N(Cc1ccc(Cl)cc1Cl)C(=O)CSCc1ccccc1. The molecule has 0 aromatic heterocycles. The number of amides is 2. The van der Waals surface area contributed by atoms with Crippen molar-refractivity contribution >= 4 is 46.8 Å². The molecule has 2 aromatic carbocycles. The van der Waals surface area contributed by atoms with Crippen molar-refractivity contribution in [3.63, 3.8) is 0 Å². The summed E-state index contributed by atoms with van der Waals surface area (Å²) in [6, 6.07) is 15.0. The normalized spacial score (nSPS) is 14.8. The van der Waals surface area contributed by atoms with E-state index in [9.17, 15) is 9.59 Å². The first kappa shape index (κ1) is 24.9. The van der Waals surface area contributed by atoms with Crippen LogP contribution in [0.4, 0.5) is 0 Å². The van der Waals surface area contributed by atoms with Crippen LogP contribution in [0, 0.1) is 0 Å². The molecule has 4 nitrogen and oxygen atoms in total. The van der Waals surface area contributed by atoms with Gasteiger partial charge in [-0.15, -0.1) is 11.8 Å². The number of hydrogen-bond acceptors (Lipinski definition) is 3. The number of benzene rings is 2. The van der Waals surface area contributed by atoms with E-state index in [4.69, 9.17) is 23.2 Å². The molecule has 0 aliphatic heterocycles. The van der Waals surface area contributed by atoms with Crippen LogP contribution >= 0.6 is 35.0 Å². The van der Waals surface area contributed by atoms with E-state index in [2.05, 4.69) is 5.32 Å². The minimum Gasteiger partial charge on any atom is -0.352 e. The predicted molar refractivity (Wildman–Crippen MR) is 134 cm³/mol. The maximum atomic E-state index is 13.3. The number of carbonyl (C=O) groups is 2. The van der Waals surface area contributed by atoms with E-state index in [0.29, 0.717) is 22.2 Å².